The smallest absolute Gasteiger partial charge is 0.226 e. The van der Waals surface area contributed by atoms with Crippen LogP contribution in [0, 0.1) is 5.92 Å². The highest BCUT2D eigenvalue weighted by atomic mass is 16.5. The van der Waals surface area contributed by atoms with Gasteiger partial charge in [-0.25, -0.2) is 0 Å². The normalized spacial score (nSPS) is 19.6. The maximum absolute atomic E-state index is 5.36. The highest BCUT2D eigenvalue weighted by molar-refractivity contribution is 4.88. The first-order chi connectivity index (χ1) is 9.81. The third kappa shape index (κ3) is 4.87. The highest BCUT2D eigenvalue weighted by Crippen LogP contribution is 2.16. The van der Waals surface area contributed by atoms with Crippen molar-refractivity contribution < 1.29 is 4.52 Å². The van der Waals surface area contributed by atoms with Gasteiger partial charge in [-0.2, -0.15) is 4.98 Å². The molecule has 2 rings (SSSR count). The molecule has 5 heteroatoms. The van der Waals surface area contributed by atoms with Crippen LogP contribution in [0.4, 0.5) is 0 Å². The van der Waals surface area contributed by atoms with Crippen LogP contribution in [-0.2, 0) is 12.8 Å². The molecule has 1 atom stereocenters. The molecule has 1 N–H and O–H groups in total. The summed E-state index contributed by atoms with van der Waals surface area (Å²) in [5.74, 6) is 2.44. The van der Waals surface area contributed by atoms with Crippen molar-refractivity contribution in [3.8, 4) is 0 Å². The van der Waals surface area contributed by atoms with Gasteiger partial charge in [0.15, 0.2) is 5.82 Å². The first-order valence-corrected chi connectivity index (χ1v) is 8.06. The average molecular weight is 280 g/mol. The van der Waals surface area contributed by atoms with E-state index in [0.717, 1.165) is 63.1 Å². The van der Waals surface area contributed by atoms with Gasteiger partial charge in [-0.1, -0.05) is 19.0 Å². The first-order valence-electron chi connectivity index (χ1n) is 8.06. The molecule has 0 amide bonds. The summed E-state index contributed by atoms with van der Waals surface area (Å²) in [6.45, 7) is 9.85. The maximum Gasteiger partial charge on any atom is 0.226 e. The summed E-state index contributed by atoms with van der Waals surface area (Å²) in [6.07, 6.45) is 5.59. The van der Waals surface area contributed by atoms with Gasteiger partial charge in [0, 0.05) is 19.4 Å². The van der Waals surface area contributed by atoms with Gasteiger partial charge in [0.05, 0.1) is 0 Å². The van der Waals surface area contributed by atoms with Gasteiger partial charge in [0.25, 0.3) is 0 Å². The Morgan fingerprint density at radius 3 is 2.85 bits per heavy atom. The molecule has 20 heavy (non-hydrogen) atoms. The molecule has 0 radical (unpaired) electrons. The molecule has 1 aliphatic heterocycles. The molecule has 1 aromatic heterocycles. The number of hydrogen-bond donors (Lipinski definition) is 1. The van der Waals surface area contributed by atoms with E-state index in [9.17, 15) is 0 Å². The fourth-order valence-electron chi connectivity index (χ4n) is 2.79. The Kier molecular flexibility index (Phi) is 6.47. The number of nitrogens with one attached hydrogen (secondary N) is 1. The molecule has 0 aromatic carbocycles. The van der Waals surface area contributed by atoms with Crippen LogP contribution in [-0.4, -0.2) is 47.8 Å². The lowest BCUT2D eigenvalue weighted by Crippen LogP contribution is -2.29. The van der Waals surface area contributed by atoms with E-state index in [1.807, 2.05) is 0 Å². The quantitative estimate of drug-likeness (QED) is 0.788. The van der Waals surface area contributed by atoms with Crippen molar-refractivity contribution in [2.75, 3.05) is 32.7 Å². The van der Waals surface area contributed by atoms with E-state index in [1.165, 1.54) is 19.4 Å². The zero-order chi connectivity index (χ0) is 14.2. The molecular formula is C15H28N4O. The number of nitrogens with zero attached hydrogens (tertiary/aromatic N) is 3. The SMILES string of the molecule is CCN(CC)CCc1noc(CCC2CCCNC2)n1. The van der Waals surface area contributed by atoms with Gasteiger partial charge >= 0.3 is 0 Å². The Morgan fingerprint density at radius 1 is 1.30 bits per heavy atom. The van der Waals surface area contributed by atoms with Crippen LogP contribution in [0.15, 0.2) is 4.52 Å². The minimum atomic E-state index is 0.773. The number of rotatable bonds is 8. The van der Waals surface area contributed by atoms with Gasteiger partial charge in [-0.05, 0) is 51.4 Å². The third-order valence-electron chi connectivity index (χ3n) is 4.22. The highest BCUT2D eigenvalue weighted by Gasteiger charge is 2.15. The zero-order valence-electron chi connectivity index (χ0n) is 12.9. The third-order valence-corrected chi connectivity index (χ3v) is 4.22. The summed E-state index contributed by atoms with van der Waals surface area (Å²) in [4.78, 5) is 6.89. The topological polar surface area (TPSA) is 54.2 Å². The second-order valence-corrected chi connectivity index (χ2v) is 5.63. The second-order valence-electron chi connectivity index (χ2n) is 5.63. The Morgan fingerprint density at radius 2 is 2.15 bits per heavy atom. The summed E-state index contributed by atoms with van der Waals surface area (Å²) in [7, 11) is 0. The number of aryl methyl sites for hydroxylation is 1. The van der Waals surface area contributed by atoms with Crippen LogP contribution >= 0.6 is 0 Å². The van der Waals surface area contributed by atoms with Gasteiger partial charge in [-0.3, -0.25) is 0 Å². The number of hydrogen-bond acceptors (Lipinski definition) is 5. The Hall–Kier alpha value is -0.940. The fourth-order valence-corrected chi connectivity index (χ4v) is 2.79. The molecule has 0 saturated carbocycles. The van der Waals surface area contributed by atoms with E-state index in [0.29, 0.717) is 0 Å². The van der Waals surface area contributed by atoms with Crippen LogP contribution in [0.1, 0.15) is 44.8 Å². The lowest BCUT2D eigenvalue weighted by Gasteiger charge is -2.21. The number of aromatic nitrogens is 2. The van der Waals surface area contributed by atoms with E-state index in [2.05, 4.69) is 34.2 Å². The minimum Gasteiger partial charge on any atom is -0.339 e. The Labute approximate surface area is 122 Å². The molecule has 1 unspecified atom stereocenters. The molecule has 1 aliphatic rings. The van der Waals surface area contributed by atoms with Crippen molar-refractivity contribution in [2.24, 2.45) is 5.92 Å². The van der Waals surface area contributed by atoms with Crippen molar-refractivity contribution in [1.29, 1.82) is 0 Å². The molecule has 1 aromatic rings. The number of likely N-dealkylation sites (N-methyl/N-ethyl adjacent to an activating group) is 1. The predicted octanol–water partition coefficient (Wildman–Crippen LogP) is 1.89. The van der Waals surface area contributed by atoms with Crippen molar-refractivity contribution >= 4 is 0 Å². The van der Waals surface area contributed by atoms with Crippen LogP contribution in [0.5, 0.6) is 0 Å². The van der Waals surface area contributed by atoms with E-state index in [1.54, 1.807) is 0 Å². The van der Waals surface area contributed by atoms with Crippen molar-refractivity contribution in [2.45, 2.75) is 46.0 Å². The van der Waals surface area contributed by atoms with Crippen LogP contribution < -0.4 is 5.32 Å². The van der Waals surface area contributed by atoms with Gasteiger partial charge in [0.2, 0.25) is 5.89 Å². The summed E-state index contributed by atoms with van der Waals surface area (Å²) in [5, 5.41) is 7.54. The fraction of sp³-hybridized carbons (Fsp3) is 0.867. The molecule has 0 aliphatic carbocycles. The summed E-state index contributed by atoms with van der Waals surface area (Å²) in [6, 6.07) is 0. The molecule has 2 heterocycles. The van der Waals surface area contributed by atoms with E-state index in [-0.39, 0.29) is 0 Å². The van der Waals surface area contributed by atoms with Crippen LogP contribution in [0.2, 0.25) is 0 Å². The zero-order valence-corrected chi connectivity index (χ0v) is 12.9. The second kappa shape index (κ2) is 8.37. The van der Waals surface area contributed by atoms with Crippen LogP contribution in [0.25, 0.3) is 0 Å². The maximum atomic E-state index is 5.36. The predicted molar refractivity (Wildman–Crippen MR) is 79.7 cm³/mol. The largest absolute Gasteiger partial charge is 0.339 e. The monoisotopic (exact) mass is 280 g/mol. The van der Waals surface area contributed by atoms with Crippen molar-refractivity contribution in [1.82, 2.24) is 20.4 Å². The van der Waals surface area contributed by atoms with Crippen LogP contribution in [0.3, 0.4) is 0 Å². The lowest BCUT2D eigenvalue weighted by molar-refractivity contribution is 0.301. The average Bonchev–Trinajstić information content (AvgIpc) is 2.95. The summed E-state index contributed by atoms with van der Waals surface area (Å²) < 4.78 is 5.36. The first kappa shape index (κ1) is 15.4. The van der Waals surface area contributed by atoms with Gasteiger partial charge in [0.1, 0.15) is 0 Å². The Balaban J connectivity index is 1.71. The standard InChI is InChI=1S/C15H28N4O/c1-3-19(4-2)11-9-14-17-15(20-18-14)8-7-13-6-5-10-16-12-13/h13,16H,3-12H2,1-2H3. The van der Waals surface area contributed by atoms with E-state index in [4.69, 9.17) is 4.52 Å². The molecule has 0 spiro atoms. The molecule has 1 fully saturated rings. The Bertz CT molecular complexity index is 370. The van der Waals surface area contributed by atoms with Crippen molar-refractivity contribution in [3.63, 3.8) is 0 Å². The minimum absolute atomic E-state index is 0.773. The van der Waals surface area contributed by atoms with E-state index < -0.39 is 0 Å². The van der Waals surface area contributed by atoms with Gasteiger partial charge in [-0.15, -0.1) is 0 Å². The molecule has 0 bridgehead atoms. The lowest BCUT2D eigenvalue weighted by atomic mass is 9.95. The summed E-state index contributed by atoms with van der Waals surface area (Å²) in [5.41, 5.74) is 0. The van der Waals surface area contributed by atoms with Gasteiger partial charge < -0.3 is 14.7 Å². The molecule has 1 saturated heterocycles. The molecular weight excluding hydrogens is 252 g/mol. The van der Waals surface area contributed by atoms with Crippen molar-refractivity contribution in [3.05, 3.63) is 11.7 Å². The molecule has 114 valence electrons. The molecule has 5 nitrogen and oxygen atoms in total. The van der Waals surface area contributed by atoms with E-state index >= 15 is 0 Å². The summed E-state index contributed by atoms with van der Waals surface area (Å²) >= 11 is 0. The number of piperidine rings is 1.